The normalized spacial score (nSPS) is 11.4. The molecule has 0 aliphatic carbocycles. The van der Waals surface area contributed by atoms with E-state index >= 15 is 0 Å². The minimum Gasteiger partial charge on any atom is -0.507 e. The standard InChI is InChI=1S/C7H4F3NO3S/c8-7(9,10)4-1-2-5(12)6(3-4)15-11(13)14/h1-3,12H. The van der Waals surface area contributed by atoms with E-state index in [0.29, 0.717) is 12.1 Å². The first-order valence-corrected chi connectivity index (χ1v) is 4.30. The highest BCUT2D eigenvalue weighted by Gasteiger charge is 2.31. The zero-order valence-corrected chi connectivity index (χ0v) is 7.80. The van der Waals surface area contributed by atoms with E-state index in [1.54, 1.807) is 0 Å². The number of alkyl halides is 3. The second-order valence-corrected chi connectivity index (χ2v) is 3.42. The third kappa shape index (κ3) is 3.01. The summed E-state index contributed by atoms with van der Waals surface area (Å²) in [5.74, 6) is -0.551. The van der Waals surface area contributed by atoms with Gasteiger partial charge in [-0.2, -0.15) is 13.2 Å². The van der Waals surface area contributed by atoms with Gasteiger partial charge in [0.2, 0.25) is 0 Å². The minimum atomic E-state index is -4.58. The van der Waals surface area contributed by atoms with Crippen molar-refractivity contribution in [3.05, 3.63) is 33.9 Å². The lowest BCUT2D eigenvalue weighted by Gasteiger charge is -2.07. The van der Waals surface area contributed by atoms with Crippen molar-refractivity contribution in [2.75, 3.05) is 0 Å². The van der Waals surface area contributed by atoms with Gasteiger partial charge in [-0.15, -0.1) is 0 Å². The number of rotatable bonds is 2. The largest absolute Gasteiger partial charge is 0.507 e. The van der Waals surface area contributed by atoms with E-state index in [-0.39, 0.29) is 11.9 Å². The average Bonchev–Trinajstić information content (AvgIpc) is 2.06. The number of phenols is 1. The molecule has 15 heavy (non-hydrogen) atoms. The van der Waals surface area contributed by atoms with Gasteiger partial charge in [0.15, 0.2) is 0 Å². The number of aromatic hydroxyl groups is 1. The fourth-order valence-corrected chi connectivity index (χ4v) is 1.35. The van der Waals surface area contributed by atoms with Crippen LogP contribution in [0.25, 0.3) is 0 Å². The van der Waals surface area contributed by atoms with Crippen LogP contribution in [0.1, 0.15) is 5.56 Å². The molecule has 0 spiro atoms. The summed E-state index contributed by atoms with van der Waals surface area (Å²) in [7, 11) is 0. The van der Waals surface area contributed by atoms with E-state index in [4.69, 9.17) is 5.11 Å². The van der Waals surface area contributed by atoms with Crippen LogP contribution in [0, 0.1) is 10.1 Å². The van der Waals surface area contributed by atoms with E-state index < -0.39 is 26.7 Å². The molecule has 1 N–H and O–H groups in total. The summed E-state index contributed by atoms with van der Waals surface area (Å²) in [5, 5.41) is 19.1. The van der Waals surface area contributed by atoms with Gasteiger partial charge in [-0.1, -0.05) is 0 Å². The molecule has 0 fully saturated rings. The maximum Gasteiger partial charge on any atom is 0.416 e. The van der Waals surface area contributed by atoms with Gasteiger partial charge in [-0.25, -0.2) is 0 Å². The fourth-order valence-electron chi connectivity index (χ4n) is 0.844. The first-order chi connectivity index (χ1) is 6.80. The molecule has 82 valence electrons. The molecule has 0 unspecified atom stereocenters. The number of hydrogen-bond acceptors (Lipinski definition) is 4. The Morgan fingerprint density at radius 1 is 1.40 bits per heavy atom. The van der Waals surface area contributed by atoms with E-state index in [2.05, 4.69) is 0 Å². The number of benzene rings is 1. The quantitative estimate of drug-likeness (QED) is 0.489. The van der Waals surface area contributed by atoms with E-state index in [9.17, 15) is 23.3 Å². The van der Waals surface area contributed by atoms with E-state index in [0.717, 1.165) is 6.07 Å². The highest BCUT2D eigenvalue weighted by molar-refractivity contribution is 7.93. The molecule has 0 aromatic heterocycles. The number of phenolic OH excluding ortho intramolecular Hbond substituents is 1. The summed E-state index contributed by atoms with van der Waals surface area (Å²) in [6, 6.07) is 1.96. The molecule has 0 aliphatic heterocycles. The van der Waals surface area contributed by atoms with E-state index in [1.807, 2.05) is 0 Å². The van der Waals surface area contributed by atoms with Crippen LogP contribution in [0.3, 0.4) is 0 Å². The van der Waals surface area contributed by atoms with Crippen LogP contribution >= 0.6 is 11.9 Å². The number of nitro groups is 1. The van der Waals surface area contributed by atoms with Crippen molar-refractivity contribution in [3.63, 3.8) is 0 Å². The minimum absolute atomic E-state index is 0.0725. The lowest BCUT2D eigenvalue weighted by molar-refractivity contribution is -0.284. The van der Waals surface area contributed by atoms with Crippen molar-refractivity contribution < 1.29 is 22.6 Å². The molecule has 0 saturated heterocycles. The fraction of sp³-hybridized carbons (Fsp3) is 0.143. The van der Waals surface area contributed by atoms with Gasteiger partial charge in [-0.05, 0) is 18.2 Å². The van der Waals surface area contributed by atoms with Crippen LogP contribution < -0.4 is 0 Å². The molecule has 1 rings (SSSR count). The van der Waals surface area contributed by atoms with Gasteiger partial charge in [0.05, 0.1) is 5.56 Å². The monoisotopic (exact) mass is 239 g/mol. The molecule has 0 radical (unpaired) electrons. The van der Waals surface area contributed by atoms with Crippen LogP contribution in [0.4, 0.5) is 13.2 Å². The number of hydrogen-bond donors (Lipinski definition) is 1. The zero-order chi connectivity index (χ0) is 11.6. The molecule has 1 aromatic rings. The lowest BCUT2D eigenvalue weighted by Crippen LogP contribution is -2.04. The van der Waals surface area contributed by atoms with Crippen molar-refractivity contribution >= 4 is 11.9 Å². The van der Waals surface area contributed by atoms with Crippen LogP contribution in [0.15, 0.2) is 23.1 Å². The van der Waals surface area contributed by atoms with Crippen LogP contribution in [-0.4, -0.2) is 9.44 Å². The first-order valence-electron chi connectivity index (χ1n) is 3.53. The Hall–Kier alpha value is -1.44. The van der Waals surface area contributed by atoms with Crippen molar-refractivity contribution in [2.45, 2.75) is 11.1 Å². The predicted octanol–water partition coefficient (Wildman–Crippen LogP) is 2.69. The van der Waals surface area contributed by atoms with Crippen LogP contribution in [0.5, 0.6) is 5.75 Å². The molecule has 8 heteroatoms. The average molecular weight is 239 g/mol. The topological polar surface area (TPSA) is 63.4 Å². The summed E-state index contributed by atoms with van der Waals surface area (Å²) in [5.41, 5.74) is -1.04. The first kappa shape index (κ1) is 11.6. The number of halogens is 3. The molecule has 0 saturated carbocycles. The van der Waals surface area contributed by atoms with Gasteiger partial charge in [-0.3, -0.25) is 10.1 Å². The molecule has 0 amide bonds. The smallest absolute Gasteiger partial charge is 0.416 e. The maximum absolute atomic E-state index is 12.2. The Kier molecular flexibility index (Phi) is 3.08. The third-order valence-corrected chi connectivity index (χ3v) is 2.13. The maximum atomic E-state index is 12.2. The Labute approximate surface area is 86.0 Å². The zero-order valence-electron chi connectivity index (χ0n) is 6.99. The van der Waals surface area contributed by atoms with Crippen molar-refractivity contribution in [3.8, 4) is 5.75 Å². The SMILES string of the molecule is O=[N+]([O-])Sc1cc(C(F)(F)F)ccc1O. The molecular formula is C7H4F3NO3S. The van der Waals surface area contributed by atoms with Crippen molar-refractivity contribution in [1.29, 1.82) is 0 Å². The summed E-state index contributed by atoms with van der Waals surface area (Å²) < 4.78 is 35.6. The Balaban J connectivity index is 3.11. The van der Waals surface area contributed by atoms with Crippen LogP contribution in [-0.2, 0) is 6.18 Å². The number of nitrogens with zero attached hydrogens (tertiary/aromatic N) is 1. The molecule has 0 atom stereocenters. The summed E-state index contributed by atoms with van der Waals surface area (Å²) in [6.07, 6.45) is -4.58. The van der Waals surface area contributed by atoms with Gasteiger partial charge >= 0.3 is 6.18 Å². The highest BCUT2D eigenvalue weighted by Crippen LogP contribution is 2.36. The molecular weight excluding hydrogens is 235 g/mol. The molecule has 0 bridgehead atoms. The molecule has 1 aromatic carbocycles. The summed E-state index contributed by atoms with van der Waals surface area (Å²) >= 11 is -0.0725. The van der Waals surface area contributed by atoms with Gasteiger partial charge in [0.1, 0.15) is 15.0 Å². The highest BCUT2D eigenvalue weighted by atomic mass is 32.2. The van der Waals surface area contributed by atoms with Gasteiger partial charge in [0.25, 0.3) is 11.9 Å². The summed E-state index contributed by atoms with van der Waals surface area (Å²) in [4.78, 5) is 9.62. The third-order valence-electron chi connectivity index (χ3n) is 1.46. The Bertz CT molecular complexity index is 394. The van der Waals surface area contributed by atoms with Crippen molar-refractivity contribution in [1.82, 2.24) is 0 Å². The summed E-state index contributed by atoms with van der Waals surface area (Å²) in [6.45, 7) is 0. The van der Waals surface area contributed by atoms with Crippen molar-refractivity contribution in [2.24, 2.45) is 0 Å². The van der Waals surface area contributed by atoms with Crippen LogP contribution in [0.2, 0.25) is 0 Å². The Morgan fingerprint density at radius 3 is 2.47 bits per heavy atom. The molecule has 4 nitrogen and oxygen atoms in total. The lowest BCUT2D eigenvalue weighted by atomic mass is 10.2. The second-order valence-electron chi connectivity index (χ2n) is 2.50. The predicted molar refractivity (Wildman–Crippen MR) is 46.0 cm³/mol. The van der Waals surface area contributed by atoms with Gasteiger partial charge < -0.3 is 5.11 Å². The van der Waals surface area contributed by atoms with Gasteiger partial charge in [0, 0.05) is 0 Å². The second kappa shape index (κ2) is 3.97. The molecule has 0 heterocycles. The van der Waals surface area contributed by atoms with E-state index in [1.165, 1.54) is 0 Å². The Morgan fingerprint density at radius 2 is 2.00 bits per heavy atom. The molecule has 0 aliphatic rings.